The first-order valence-corrected chi connectivity index (χ1v) is 9.84. The molecule has 1 N–H and O–H groups in total. The van der Waals surface area contributed by atoms with E-state index in [1.54, 1.807) is 12.3 Å². The van der Waals surface area contributed by atoms with E-state index in [0.29, 0.717) is 11.4 Å². The number of pyridine rings is 1. The summed E-state index contributed by atoms with van der Waals surface area (Å²) in [6, 6.07) is 30.0. The number of para-hydroxylation sites is 1. The number of phenols is 1. The summed E-state index contributed by atoms with van der Waals surface area (Å²) in [5.74, 6) is 0.863. The van der Waals surface area contributed by atoms with Crippen LogP contribution in [0.1, 0.15) is 0 Å². The van der Waals surface area contributed by atoms with Crippen molar-refractivity contribution >= 4 is 32.7 Å². The summed E-state index contributed by atoms with van der Waals surface area (Å²) >= 11 is 0. The third-order valence-corrected chi connectivity index (χ3v) is 5.53. The van der Waals surface area contributed by atoms with E-state index in [1.807, 2.05) is 42.5 Å². The van der Waals surface area contributed by atoms with Crippen LogP contribution in [0.25, 0.3) is 49.8 Å². The first kappa shape index (κ1) is 19.4. The van der Waals surface area contributed by atoms with Crippen LogP contribution in [0.2, 0.25) is 0 Å². The number of aromatic nitrogens is 3. The van der Waals surface area contributed by atoms with Gasteiger partial charge < -0.3 is 5.11 Å². The van der Waals surface area contributed by atoms with Gasteiger partial charge in [0.2, 0.25) is 0 Å². The number of phenolic OH excluding ortho intramolecular Hbond substituents is 1. The second kappa shape index (κ2) is 7.61. The maximum absolute atomic E-state index is 10.6. The molecule has 6 aromatic rings. The molecule has 0 aliphatic carbocycles. The molecule has 0 fully saturated rings. The van der Waals surface area contributed by atoms with Crippen LogP contribution in [0.5, 0.6) is 5.75 Å². The molecule has 0 radical (unpaired) electrons. The molecule has 31 heavy (non-hydrogen) atoms. The fraction of sp³-hybridized carbons (Fsp3) is 0. The molecule has 0 bridgehead atoms. The minimum absolute atomic E-state index is 0. The molecule has 0 saturated heterocycles. The van der Waals surface area contributed by atoms with Gasteiger partial charge in [-0.2, -0.15) is 0 Å². The van der Waals surface area contributed by atoms with E-state index >= 15 is 0 Å². The Bertz CT molecular complexity index is 1520. The molecule has 4 aromatic carbocycles. The van der Waals surface area contributed by atoms with E-state index < -0.39 is 0 Å². The van der Waals surface area contributed by atoms with Gasteiger partial charge in [-0.15, -0.1) is 0 Å². The van der Waals surface area contributed by atoms with Crippen LogP contribution >= 0.6 is 0 Å². The van der Waals surface area contributed by atoms with E-state index in [2.05, 4.69) is 52.0 Å². The second-order valence-electron chi connectivity index (χ2n) is 7.30. The quantitative estimate of drug-likeness (QED) is 0.255. The molecular weight excluding hydrogens is 436 g/mol. The van der Waals surface area contributed by atoms with Crippen molar-refractivity contribution in [2.24, 2.45) is 0 Å². The number of hydrogen-bond acceptors (Lipinski definition) is 3. The Hall–Kier alpha value is -3.56. The van der Waals surface area contributed by atoms with Gasteiger partial charge >= 0.3 is 0 Å². The summed E-state index contributed by atoms with van der Waals surface area (Å²) in [5, 5.41) is 15.1. The first-order valence-electron chi connectivity index (χ1n) is 9.84. The summed E-state index contributed by atoms with van der Waals surface area (Å²) in [4.78, 5) is 9.54. The molecule has 0 aliphatic heterocycles. The molecule has 5 heteroatoms. The van der Waals surface area contributed by atoms with E-state index in [-0.39, 0.29) is 25.2 Å². The molecule has 0 unspecified atom stereocenters. The van der Waals surface area contributed by atoms with Crippen molar-refractivity contribution < 1.29 is 24.6 Å². The van der Waals surface area contributed by atoms with Crippen LogP contribution in [0.3, 0.4) is 0 Å². The van der Waals surface area contributed by atoms with Crippen molar-refractivity contribution in [1.82, 2.24) is 14.5 Å². The van der Waals surface area contributed by atoms with Crippen LogP contribution in [0.15, 0.2) is 97.2 Å². The monoisotopic (exact) mass is 451 g/mol. The van der Waals surface area contributed by atoms with E-state index in [0.717, 1.165) is 38.4 Å². The van der Waals surface area contributed by atoms with Crippen molar-refractivity contribution in [3.8, 4) is 22.8 Å². The van der Waals surface area contributed by atoms with Gasteiger partial charge in [0.15, 0.2) is 11.5 Å². The summed E-state index contributed by atoms with van der Waals surface area (Å²) in [6.07, 6.45) is 1.78. The van der Waals surface area contributed by atoms with Crippen LogP contribution in [-0.2, 0) is 19.5 Å². The molecule has 0 saturated carbocycles. The van der Waals surface area contributed by atoms with Crippen molar-refractivity contribution in [2.75, 3.05) is 0 Å². The number of nitrogens with zero attached hydrogens (tertiary/aromatic N) is 3. The SMILES string of the molecule is Oc1ccccc1-c1nc2cccnc2n1-c1c2ccccc2cc2ccccc12.[Zn]. The van der Waals surface area contributed by atoms with Crippen LogP contribution in [-0.4, -0.2) is 19.6 Å². The predicted molar refractivity (Wildman–Crippen MR) is 121 cm³/mol. The third kappa shape index (κ3) is 3.01. The molecule has 0 aliphatic rings. The Kier molecular flexibility index (Phi) is 4.76. The summed E-state index contributed by atoms with van der Waals surface area (Å²) in [7, 11) is 0. The Morgan fingerprint density at radius 3 is 2.06 bits per heavy atom. The smallest absolute Gasteiger partial charge is 0.164 e. The molecular formula is C26H17N3OZn. The number of aromatic hydroxyl groups is 1. The number of rotatable bonds is 2. The number of benzene rings is 4. The van der Waals surface area contributed by atoms with Gasteiger partial charge in [-0.3, -0.25) is 4.57 Å². The normalized spacial score (nSPS) is 11.1. The van der Waals surface area contributed by atoms with Gasteiger partial charge in [0, 0.05) is 36.4 Å². The van der Waals surface area contributed by atoms with Crippen LogP contribution in [0.4, 0.5) is 0 Å². The van der Waals surface area contributed by atoms with Gasteiger partial charge in [0.1, 0.15) is 11.3 Å². The van der Waals surface area contributed by atoms with Crippen molar-refractivity contribution in [3.05, 3.63) is 97.2 Å². The Labute approximate surface area is 191 Å². The Morgan fingerprint density at radius 2 is 1.35 bits per heavy atom. The Morgan fingerprint density at radius 1 is 0.710 bits per heavy atom. The minimum atomic E-state index is 0. The average molecular weight is 453 g/mol. The molecule has 6 rings (SSSR count). The zero-order valence-corrected chi connectivity index (χ0v) is 19.7. The van der Waals surface area contributed by atoms with Gasteiger partial charge in [0.25, 0.3) is 0 Å². The standard InChI is InChI=1S/C26H17N3O.Zn/c30-23-14-6-5-12-21(23)25-28-22-13-7-15-27-26(22)29(25)24-19-10-3-1-8-17(19)16-18-9-2-4-11-20(18)24;/h1-16,30H;. The predicted octanol–water partition coefficient (Wildman–Crippen LogP) is 6.10. The first-order chi connectivity index (χ1) is 14.8. The summed E-state index contributed by atoms with van der Waals surface area (Å²) < 4.78 is 2.08. The van der Waals surface area contributed by atoms with E-state index in [4.69, 9.17) is 4.98 Å². The van der Waals surface area contributed by atoms with Gasteiger partial charge in [-0.1, -0.05) is 60.7 Å². The van der Waals surface area contributed by atoms with Crippen molar-refractivity contribution in [2.45, 2.75) is 0 Å². The van der Waals surface area contributed by atoms with Crippen molar-refractivity contribution in [1.29, 1.82) is 0 Å². The van der Waals surface area contributed by atoms with E-state index in [9.17, 15) is 5.11 Å². The fourth-order valence-electron chi connectivity index (χ4n) is 4.20. The Balaban J connectivity index is 0.00000204. The topological polar surface area (TPSA) is 50.9 Å². The van der Waals surface area contributed by atoms with Crippen LogP contribution in [0, 0.1) is 0 Å². The van der Waals surface area contributed by atoms with E-state index in [1.165, 1.54) is 0 Å². The second-order valence-corrected chi connectivity index (χ2v) is 7.30. The van der Waals surface area contributed by atoms with Gasteiger partial charge in [-0.05, 0) is 41.1 Å². The summed E-state index contributed by atoms with van der Waals surface area (Å²) in [5.41, 5.74) is 3.24. The van der Waals surface area contributed by atoms with Gasteiger partial charge in [0.05, 0.1) is 11.3 Å². The summed E-state index contributed by atoms with van der Waals surface area (Å²) in [6.45, 7) is 0. The molecule has 4 nitrogen and oxygen atoms in total. The number of imidazole rings is 1. The molecule has 144 valence electrons. The zero-order valence-electron chi connectivity index (χ0n) is 16.7. The maximum Gasteiger partial charge on any atom is 0.164 e. The van der Waals surface area contributed by atoms with Gasteiger partial charge in [-0.25, -0.2) is 9.97 Å². The average Bonchev–Trinajstić information content (AvgIpc) is 3.16. The number of fused-ring (bicyclic) bond motifs is 3. The maximum atomic E-state index is 10.6. The minimum Gasteiger partial charge on any atom is -0.507 e. The molecule has 0 atom stereocenters. The largest absolute Gasteiger partial charge is 0.507 e. The third-order valence-electron chi connectivity index (χ3n) is 5.53. The molecule has 2 heterocycles. The number of hydrogen-bond donors (Lipinski definition) is 1. The zero-order chi connectivity index (χ0) is 20.1. The molecule has 0 amide bonds. The van der Waals surface area contributed by atoms with Crippen LogP contribution < -0.4 is 0 Å². The molecule has 0 spiro atoms. The molecule has 2 aromatic heterocycles. The fourth-order valence-corrected chi connectivity index (χ4v) is 4.20. The van der Waals surface area contributed by atoms with Crippen molar-refractivity contribution in [3.63, 3.8) is 0 Å².